The molecule has 2 aromatic heterocycles. The lowest BCUT2D eigenvalue weighted by Crippen LogP contribution is -2.22. The SMILES string of the molecule is CCCc1nc(NC)c(C)c(N(C)Cc2nccn2C)n1. The average Bonchev–Trinajstić information content (AvgIpc) is 2.86. The first kappa shape index (κ1) is 15.3. The topological polar surface area (TPSA) is 58.9 Å². The van der Waals surface area contributed by atoms with Gasteiger partial charge in [-0.25, -0.2) is 15.0 Å². The van der Waals surface area contributed by atoms with Gasteiger partial charge in [0.15, 0.2) is 0 Å². The predicted octanol–water partition coefficient (Wildman–Crippen LogP) is 2.15. The Balaban J connectivity index is 2.32. The Labute approximate surface area is 126 Å². The van der Waals surface area contributed by atoms with Gasteiger partial charge >= 0.3 is 0 Å². The lowest BCUT2D eigenvalue weighted by molar-refractivity contribution is 0.744. The number of rotatable bonds is 6. The number of imidazole rings is 1. The Morgan fingerprint density at radius 3 is 2.67 bits per heavy atom. The summed E-state index contributed by atoms with van der Waals surface area (Å²) in [5.41, 5.74) is 1.06. The summed E-state index contributed by atoms with van der Waals surface area (Å²) in [6.45, 7) is 4.90. The third-order valence-electron chi connectivity index (χ3n) is 3.54. The molecule has 0 saturated heterocycles. The Bertz CT molecular complexity index is 604. The van der Waals surface area contributed by atoms with Gasteiger partial charge in [0.1, 0.15) is 23.3 Å². The molecule has 2 heterocycles. The first-order valence-corrected chi connectivity index (χ1v) is 7.29. The van der Waals surface area contributed by atoms with Crippen LogP contribution in [-0.4, -0.2) is 33.6 Å². The molecule has 6 nitrogen and oxygen atoms in total. The molecule has 0 aliphatic heterocycles. The van der Waals surface area contributed by atoms with Crippen LogP contribution in [0.4, 0.5) is 11.6 Å². The molecule has 0 amide bonds. The summed E-state index contributed by atoms with van der Waals surface area (Å²) < 4.78 is 2.03. The maximum Gasteiger partial charge on any atom is 0.137 e. The van der Waals surface area contributed by atoms with Crippen molar-refractivity contribution < 1.29 is 0 Å². The van der Waals surface area contributed by atoms with Crippen LogP contribution in [-0.2, 0) is 20.0 Å². The second kappa shape index (κ2) is 6.56. The van der Waals surface area contributed by atoms with Gasteiger partial charge in [-0.2, -0.15) is 0 Å². The fourth-order valence-electron chi connectivity index (χ4n) is 2.34. The van der Waals surface area contributed by atoms with Crippen LogP contribution in [0.2, 0.25) is 0 Å². The number of anilines is 2. The fourth-order valence-corrected chi connectivity index (χ4v) is 2.34. The quantitative estimate of drug-likeness (QED) is 0.882. The Morgan fingerprint density at radius 1 is 1.33 bits per heavy atom. The van der Waals surface area contributed by atoms with E-state index in [1.807, 2.05) is 45.0 Å². The van der Waals surface area contributed by atoms with Crippen molar-refractivity contribution in [2.45, 2.75) is 33.2 Å². The summed E-state index contributed by atoms with van der Waals surface area (Å²) >= 11 is 0. The molecule has 0 unspecified atom stereocenters. The maximum atomic E-state index is 4.72. The molecule has 0 radical (unpaired) electrons. The zero-order valence-electron chi connectivity index (χ0n) is 13.5. The van der Waals surface area contributed by atoms with Crippen molar-refractivity contribution in [3.05, 3.63) is 29.6 Å². The van der Waals surface area contributed by atoms with Gasteiger partial charge in [-0.15, -0.1) is 0 Å². The van der Waals surface area contributed by atoms with Gasteiger partial charge in [0.25, 0.3) is 0 Å². The lowest BCUT2D eigenvalue weighted by Gasteiger charge is -2.22. The minimum Gasteiger partial charge on any atom is -0.373 e. The first-order valence-electron chi connectivity index (χ1n) is 7.29. The van der Waals surface area contributed by atoms with Crippen molar-refractivity contribution in [2.75, 3.05) is 24.3 Å². The number of hydrogen-bond acceptors (Lipinski definition) is 5. The molecule has 0 aliphatic rings. The molecule has 0 saturated carbocycles. The molecule has 0 bridgehead atoms. The van der Waals surface area contributed by atoms with Crippen molar-refractivity contribution in [1.29, 1.82) is 0 Å². The predicted molar refractivity (Wildman–Crippen MR) is 85.6 cm³/mol. The summed E-state index contributed by atoms with van der Waals surface area (Å²) in [6.07, 6.45) is 5.70. The second-order valence-corrected chi connectivity index (χ2v) is 5.25. The standard InChI is InChI=1S/C15H24N6/c1-6-7-12-18-14(16-3)11(2)15(19-12)21(5)10-13-17-8-9-20(13)4/h8-9H,6-7,10H2,1-5H3,(H,16,18,19). The van der Waals surface area contributed by atoms with Gasteiger partial charge in [-0.05, 0) is 13.3 Å². The highest BCUT2D eigenvalue weighted by Crippen LogP contribution is 2.23. The van der Waals surface area contributed by atoms with Crippen molar-refractivity contribution in [3.63, 3.8) is 0 Å². The van der Waals surface area contributed by atoms with E-state index < -0.39 is 0 Å². The highest BCUT2D eigenvalue weighted by atomic mass is 15.2. The van der Waals surface area contributed by atoms with Gasteiger partial charge in [0, 0.05) is 45.5 Å². The molecule has 1 N–H and O–H groups in total. The highest BCUT2D eigenvalue weighted by molar-refractivity contribution is 5.58. The van der Waals surface area contributed by atoms with Crippen molar-refractivity contribution in [1.82, 2.24) is 19.5 Å². The molecule has 6 heteroatoms. The van der Waals surface area contributed by atoms with Crippen LogP contribution in [0.5, 0.6) is 0 Å². The summed E-state index contributed by atoms with van der Waals surface area (Å²) in [5, 5.41) is 3.16. The Kier molecular flexibility index (Phi) is 4.77. The van der Waals surface area contributed by atoms with Crippen LogP contribution in [0.15, 0.2) is 12.4 Å². The summed E-state index contributed by atoms with van der Waals surface area (Å²) in [7, 11) is 5.94. The van der Waals surface area contributed by atoms with E-state index in [0.29, 0.717) is 0 Å². The summed E-state index contributed by atoms with van der Waals surface area (Å²) in [6, 6.07) is 0. The number of nitrogens with one attached hydrogen (secondary N) is 1. The normalized spacial score (nSPS) is 10.7. The molecule has 0 aliphatic carbocycles. The van der Waals surface area contributed by atoms with E-state index in [9.17, 15) is 0 Å². The largest absolute Gasteiger partial charge is 0.373 e. The maximum absolute atomic E-state index is 4.72. The van der Waals surface area contributed by atoms with Crippen LogP contribution >= 0.6 is 0 Å². The van der Waals surface area contributed by atoms with E-state index in [1.165, 1.54) is 0 Å². The smallest absolute Gasteiger partial charge is 0.137 e. The molecule has 0 aromatic carbocycles. The van der Waals surface area contributed by atoms with Gasteiger partial charge in [-0.3, -0.25) is 0 Å². The second-order valence-electron chi connectivity index (χ2n) is 5.25. The van der Waals surface area contributed by atoms with E-state index in [1.54, 1.807) is 0 Å². The molecule has 2 rings (SSSR count). The lowest BCUT2D eigenvalue weighted by atomic mass is 10.2. The molecule has 114 valence electrons. The fraction of sp³-hybridized carbons (Fsp3) is 0.533. The number of nitrogens with zero attached hydrogens (tertiary/aromatic N) is 5. The monoisotopic (exact) mass is 288 g/mol. The molecular weight excluding hydrogens is 264 g/mol. The van der Waals surface area contributed by atoms with Crippen LogP contribution in [0.25, 0.3) is 0 Å². The molecular formula is C15H24N6. The number of hydrogen-bond donors (Lipinski definition) is 1. The molecule has 2 aromatic rings. The van der Waals surface area contributed by atoms with Crippen LogP contribution in [0.3, 0.4) is 0 Å². The van der Waals surface area contributed by atoms with E-state index >= 15 is 0 Å². The number of aromatic nitrogens is 4. The average molecular weight is 288 g/mol. The van der Waals surface area contributed by atoms with Crippen molar-refractivity contribution >= 4 is 11.6 Å². The van der Waals surface area contributed by atoms with Crippen LogP contribution in [0.1, 0.15) is 30.6 Å². The molecule has 0 atom stereocenters. The Morgan fingerprint density at radius 2 is 2.10 bits per heavy atom. The van der Waals surface area contributed by atoms with Crippen molar-refractivity contribution in [2.24, 2.45) is 7.05 Å². The molecule has 0 spiro atoms. The summed E-state index contributed by atoms with van der Waals surface area (Å²) in [5.74, 6) is 3.75. The van der Waals surface area contributed by atoms with E-state index in [4.69, 9.17) is 4.98 Å². The van der Waals surface area contributed by atoms with Gasteiger partial charge < -0.3 is 14.8 Å². The molecule has 0 fully saturated rings. The molecule has 21 heavy (non-hydrogen) atoms. The van der Waals surface area contributed by atoms with Gasteiger partial charge in [0.05, 0.1) is 6.54 Å². The Hall–Kier alpha value is -2.11. The number of aryl methyl sites for hydroxylation is 2. The van der Waals surface area contributed by atoms with E-state index in [-0.39, 0.29) is 0 Å². The van der Waals surface area contributed by atoms with Gasteiger partial charge in [0.2, 0.25) is 0 Å². The minimum atomic E-state index is 0.718. The van der Waals surface area contributed by atoms with E-state index in [2.05, 4.69) is 27.1 Å². The third-order valence-corrected chi connectivity index (χ3v) is 3.54. The van der Waals surface area contributed by atoms with Crippen molar-refractivity contribution in [3.8, 4) is 0 Å². The van der Waals surface area contributed by atoms with E-state index in [0.717, 1.165) is 48.2 Å². The van der Waals surface area contributed by atoms with Gasteiger partial charge in [-0.1, -0.05) is 6.92 Å². The summed E-state index contributed by atoms with van der Waals surface area (Å²) in [4.78, 5) is 15.8. The van der Waals surface area contributed by atoms with Crippen LogP contribution < -0.4 is 10.2 Å². The minimum absolute atomic E-state index is 0.718. The third kappa shape index (κ3) is 3.32. The first-order chi connectivity index (χ1) is 10.1. The zero-order chi connectivity index (χ0) is 15.4. The zero-order valence-corrected chi connectivity index (χ0v) is 13.5. The highest BCUT2D eigenvalue weighted by Gasteiger charge is 2.15. The van der Waals surface area contributed by atoms with Crippen LogP contribution in [0, 0.1) is 6.92 Å².